The van der Waals surface area contributed by atoms with Gasteiger partial charge in [-0.15, -0.1) is 10.2 Å². The summed E-state index contributed by atoms with van der Waals surface area (Å²) in [6.45, 7) is 5.79. The van der Waals surface area contributed by atoms with Gasteiger partial charge in [0.05, 0.1) is 25.7 Å². The van der Waals surface area contributed by atoms with Crippen molar-refractivity contribution in [2.24, 2.45) is 7.05 Å². The second kappa shape index (κ2) is 10.8. The fourth-order valence-electron chi connectivity index (χ4n) is 3.26. The average molecular weight is 491 g/mol. The first-order valence-electron chi connectivity index (χ1n) is 10.2. The van der Waals surface area contributed by atoms with Crippen LogP contribution < -0.4 is 19.5 Å². The molecule has 0 fully saturated rings. The number of rotatable bonds is 9. The normalized spacial score (nSPS) is 11.7. The van der Waals surface area contributed by atoms with Crippen LogP contribution in [0.5, 0.6) is 17.2 Å². The third kappa shape index (κ3) is 5.91. The van der Waals surface area contributed by atoms with Crippen molar-refractivity contribution in [3.8, 4) is 17.2 Å². The maximum atomic E-state index is 12.5. The standard InChI is InChI=1S/C23H27ClN4O4S/c1-13-9-17(10-14(2)21(13)24)32-15(3)22-26-27-23(28(22)4)33-12-20(29)25-18-8-7-16(30-5)11-19(18)31-6/h7-11,15H,12H2,1-6H3,(H,25,29). The first kappa shape index (κ1) is 24.7. The second-order valence-corrected chi connectivity index (χ2v) is 8.75. The Hall–Kier alpha value is -2.91. The number of ether oxygens (including phenoxy) is 3. The molecule has 0 aliphatic carbocycles. The van der Waals surface area contributed by atoms with E-state index in [-0.39, 0.29) is 17.8 Å². The van der Waals surface area contributed by atoms with Crippen LogP contribution >= 0.6 is 23.4 Å². The number of aryl methyl sites for hydroxylation is 2. The van der Waals surface area contributed by atoms with Gasteiger partial charge in [-0.2, -0.15) is 0 Å². The average Bonchev–Trinajstić information content (AvgIpc) is 3.16. The van der Waals surface area contributed by atoms with E-state index < -0.39 is 0 Å². The van der Waals surface area contributed by atoms with Gasteiger partial charge in [0.1, 0.15) is 17.2 Å². The Morgan fingerprint density at radius 3 is 2.45 bits per heavy atom. The first-order chi connectivity index (χ1) is 15.7. The summed E-state index contributed by atoms with van der Waals surface area (Å²) in [4.78, 5) is 12.5. The highest BCUT2D eigenvalue weighted by Gasteiger charge is 2.19. The molecule has 1 atom stereocenters. The van der Waals surface area contributed by atoms with Crippen molar-refractivity contribution < 1.29 is 19.0 Å². The number of methoxy groups -OCH3 is 2. The SMILES string of the molecule is COc1ccc(NC(=O)CSc2nnc(C(C)Oc3cc(C)c(Cl)c(C)c3)n2C)c(OC)c1. The smallest absolute Gasteiger partial charge is 0.234 e. The van der Waals surface area contributed by atoms with Gasteiger partial charge in [-0.3, -0.25) is 4.79 Å². The zero-order valence-electron chi connectivity index (χ0n) is 19.4. The molecule has 1 N–H and O–H groups in total. The number of nitrogens with zero attached hydrogens (tertiary/aromatic N) is 3. The number of anilines is 1. The number of hydrogen-bond acceptors (Lipinski definition) is 7. The third-order valence-corrected chi connectivity index (χ3v) is 6.59. The molecule has 1 aromatic heterocycles. The Balaban J connectivity index is 1.62. The fourth-order valence-corrected chi connectivity index (χ4v) is 4.08. The number of hydrogen-bond donors (Lipinski definition) is 1. The summed E-state index contributed by atoms with van der Waals surface area (Å²) in [5, 5.41) is 12.7. The van der Waals surface area contributed by atoms with Crippen LogP contribution in [0.25, 0.3) is 0 Å². The first-order valence-corrected chi connectivity index (χ1v) is 11.6. The Bertz CT molecular complexity index is 1130. The van der Waals surface area contributed by atoms with Crippen molar-refractivity contribution in [3.05, 3.63) is 52.3 Å². The maximum absolute atomic E-state index is 12.5. The lowest BCUT2D eigenvalue weighted by Gasteiger charge is -2.16. The van der Waals surface area contributed by atoms with E-state index in [9.17, 15) is 4.79 Å². The Morgan fingerprint density at radius 2 is 1.82 bits per heavy atom. The van der Waals surface area contributed by atoms with Crippen LogP contribution in [0.1, 0.15) is 30.0 Å². The van der Waals surface area contributed by atoms with E-state index >= 15 is 0 Å². The third-order valence-electron chi connectivity index (χ3n) is 4.97. The summed E-state index contributed by atoms with van der Waals surface area (Å²) in [7, 11) is 4.96. The van der Waals surface area contributed by atoms with Crippen LogP contribution in [-0.4, -0.2) is 40.6 Å². The summed E-state index contributed by atoms with van der Waals surface area (Å²) in [5.74, 6) is 2.50. The maximum Gasteiger partial charge on any atom is 0.234 e. The molecule has 0 spiro atoms. The zero-order valence-corrected chi connectivity index (χ0v) is 21.0. The van der Waals surface area contributed by atoms with Crippen LogP contribution in [0, 0.1) is 13.8 Å². The summed E-state index contributed by atoms with van der Waals surface area (Å²) >= 11 is 7.53. The molecule has 1 amide bonds. The molecule has 0 saturated heterocycles. The zero-order chi connectivity index (χ0) is 24.1. The highest BCUT2D eigenvalue weighted by molar-refractivity contribution is 7.99. The lowest BCUT2D eigenvalue weighted by molar-refractivity contribution is -0.113. The quantitative estimate of drug-likeness (QED) is 0.423. The fraction of sp³-hybridized carbons (Fsp3) is 0.348. The highest BCUT2D eigenvalue weighted by Crippen LogP contribution is 2.31. The largest absolute Gasteiger partial charge is 0.497 e. The molecule has 1 unspecified atom stereocenters. The van der Waals surface area contributed by atoms with E-state index in [4.69, 9.17) is 25.8 Å². The minimum absolute atomic E-state index is 0.159. The van der Waals surface area contributed by atoms with Crippen molar-refractivity contribution in [2.45, 2.75) is 32.0 Å². The second-order valence-electron chi connectivity index (χ2n) is 7.43. The molecular weight excluding hydrogens is 464 g/mol. The van der Waals surface area contributed by atoms with Gasteiger partial charge in [-0.05, 0) is 56.2 Å². The molecule has 8 nitrogen and oxygen atoms in total. The van der Waals surface area contributed by atoms with Gasteiger partial charge in [0.25, 0.3) is 0 Å². The van der Waals surface area contributed by atoms with Gasteiger partial charge >= 0.3 is 0 Å². The Labute approximate surface area is 202 Å². The predicted molar refractivity (Wildman–Crippen MR) is 130 cm³/mol. The molecule has 1 heterocycles. The molecule has 3 aromatic rings. The van der Waals surface area contributed by atoms with Gasteiger partial charge in [-0.1, -0.05) is 23.4 Å². The molecule has 3 rings (SSSR count). The number of benzene rings is 2. The minimum atomic E-state index is -0.339. The van der Waals surface area contributed by atoms with E-state index in [1.54, 1.807) is 25.3 Å². The number of halogens is 1. The van der Waals surface area contributed by atoms with Crippen molar-refractivity contribution in [3.63, 3.8) is 0 Å². The van der Waals surface area contributed by atoms with E-state index in [0.29, 0.717) is 33.9 Å². The lowest BCUT2D eigenvalue weighted by Crippen LogP contribution is -2.15. The van der Waals surface area contributed by atoms with Gasteiger partial charge in [0.2, 0.25) is 5.91 Å². The van der Waals surface area contributed by atoms with Gasteiger partial charge in [0.15, 0.2) is 17.1 Å². The number of aromatic nitrogens is 3. The van der Waals surface area contributed by atoms with Crippen LogP contribution in [0.4, 0.5) is 5.69 Å². The van der Waals surface area contributed by atoms with Crippen molar-refractivity contribution in [2.75, 3.05) is 25.3 Å². The number of amides is 1. The Morgan fingerprint density at radius 1 is 1.12 bits per heavy atom. The molecule has 0 radical (unpaired) electrons. The van der Waals surface area contributed by atoms with Crippen LogP contribution in [-0.2, 0) is 11.8 Å². The van der Waals surface area contributed by atoms with Gasteiger partial charge < -0.3 is 24.1 Å². The number of carbonyl (C=O) groups is 1. The molecule has 0 aliphatic heterocycles. The van der Waals surface area contributed by atoms with Crippen LogP contribution in [0.15, 0.2) is 35.5 Å². The summed E-state index contributed by atoms with van der Waals surface area (Å²) < 4.78 is 18.4. The number of thioether (sulfide) groups is 1. The van der Waals surface area contributed by atoms with E-state index in [2.05, 4.69) is 15.5 Å². The molecule has 0 saturated carbocycles. The van der Waals surface area contributed by atoms with Crippen molar-refractivity contribution in [1.82, 2.24) is 14.8 Å². The van der Waals surface area contributed by atoms with E-state index in [1.807, 2.05) is 44.5 Å². The predicted octanol–water partition coefficient (Wildman–Crippen LogP) is 4.97. The summed E-state index contributed by atoms with van der Waals surface area (Å²) in [6.07, 6.45) is -0.339. The Kier molecular flexibility index (Phi) is 8.10. The van der Waals surface area contributed by atoms with Gasteiger partial charge in [-0.25, -0.2) is 0 Å². The number of nitrogens with one attached hydrogen (secondary N) is 1. The highest BCUT2D eigenvalue weighted by atomic mass is 35.5. The van der Waals surface area contributed by atoms with Crippen LogP contribution in [0.3, 0.4) is 0 Å². The number of carbonyl (C=O) groups excluding carboxylic acids is 1. The molecule has 0 aliphatic rings. The van der Waals surface area contributed by atoms with Crippen molar-refractivity contribution in [1.29, 1.82) is 0 Å². The summed E-state index contributed by atoms with van der Waals surface area (Å²) in [6, 6.07) is 9.00. The lowest BCUT2D eigenvalue weighted by atomic mass is 10.1. The van der Waals surface area contributed by atoms with Gasteiger partial charge in [0, 0.05) is 18.1 Å². The van der Waals surface area contributed by atoms with Crippen molar-refractivity contribution >= 4 is 35.0 Å². The molecular formula is C23H27ClN4O4S. The molecule has 176 valence electrons. The monoisotopic (exact) mass is 490 g/mol. The summed E-state index contributed by atoms with van der Waals surface area (Å²) in [5.41, 5.74) is 2.47. The van der Waals surface area contributed by atoms with Crippen LogP contribution in [0.2, 0.25) is 5.02 Å². The molecule has 2 aromatic carbocycles. The molecule has 33 heavy (non-hydrogen) atoms. The molecule has 10 heteroatoms. The minimum Gasteiger partial charge on any atom is -0.497 e. The molecule has 0 bridgehead atoms. The van der Waals surface area contributed by atoms with E-state index in [1.165, 1.54) is 18.9 Å². The topological polar surface area (TPSA) is 87.5 Å². The van der Waals surface area contributed by atoms with E-state index in [0.717, 1.165) is 16.1 Å².